The molecule has 5 rings (SSSR count). The Balaban J connectivity index is 1.93. The highest BCUT2D eigenvalue weighted by Crippen LogP contribution is 2.58. The lowest BCUT2D eigenvalue weighted by molar-refractivity contribution is -0.120. The standard InChI is InChI=1S/C25H21NO3/c1-26-19-12-8-7-11-18(19)25(24(26)27)15-17(16-9-5-4-6-10-16)22-20(28-2)13-14-21(29-3)23(22)25/h4-15H,1-3H3. The van der Waals surface area contributed by atoms with Gasteiger partial charge in [0.2, 0.25) is 5.91 Å². The number of methoxy groups -OCH3 is 2. The van der Waals surface area contributed by atoms with Crippen molar-refractivity contribution in [1.29, 1.82) is 0 Å². The van der Waals surface area contributed by atoms with Gasteiger partial charge in [-0.2, -0.15) is 0 Å². The lowest BCUT2D eigenvalue weighted by Crippen LogP contribution is -2.37. The minimum absolute atomic E-state index is 0.0115. The Hall–Kier alpha value is -3.53. The van der Waals surface area contributed by atoms with Crippen LogP contribution in [0, 0.1) is 0 Å². The van der Waals surface area contributed by atoms with Crippen LogP contribution in [0.3, 0.4) is 0 Å². The maximum Gasteiger partial charge on any atom is 0.246 e. The van der Waals surface area contributed by atoms with Crippen LogP contribution in [0.15, 0.2) is 72.8 Å². The van der Waals surface area contributed by atoms with Crippen molar-refractivity contribution in [3.05, 3.63) is 95.1 Å². The Morgan fingerprint density at radius 1 is 0.828 bits per heavy atom. The van der Waals surface area contributed by atoms with Crippen LogP contribution in [0.25, 0.3) is 5.57 Å². The van der Waals surface area contributed by atoms with E-state index in [-0.39, 0.29) is 5.91 Å². The molecule has 0 saturated carbocycles. The molecule has 144 valence electrons. The molecule has 0 fully saturated rings. The van der Waals surface area contributed by atoms with E-state index in [0.29, 0.717) is 5.75 Å². The van der Waals surface area contributed by atoms with E-state index in [1.54, 1.807) is 19.1 Å². The number of anilines is 1. The Morgan fingerprint density at radius 3 is 2.21 bits per heavy atom. The van der Waals surface area contributed by atoms with Crippen LogP contribution in [0.2, 0.25) is 0 Å². The molecule has 1 unspecified atom stereocenters. The van der Waals surface area contributed by atoms with Gasteiger partial charge in [0.1, 0.15) is 16.9 Å². The van der Waals surface area contributed by atoms with Crippen LogP contribution in [0.5, 0.6) is 11.5 Å². The highest BCUT2D eigenvalue weighted by atomic mass is 16.5. The number of benzene rings is 3. The molecule has 29 heavy (non-hydrogen) atoms. The number of hydrogen-bond acceptors (Lipinski definition) is 3. The van der Waals surface area contributed by atoms with Gasteiger partial charge in [0.15, 0.2) is 0 Å². The first kappa shape index (κ1) is 17.6. The zero-order chi connectivity index (χ0) is 20.2. The number of likely N-dealkylation sites (N-methyl/N-ethyl adjacent to an activating group) is 1. The molecule has 1 spiro atoms. The SMILES string of the molecule is COc1ccc(OC)c2c1C(c1ccccc1)=CC21C(=O)N(C)c2ccccc21. The third kappa shape index (κ3) is 2.17. The van der Waals surface area contributed by atoms with Crippen molar-refractivity contribution in [3.8, 4) is 11.5 Å². The number of carbonyl (C=O) groups excluding carboxylic acids is 1. The van der Waals surface area contributed by atoms with E-state index >= 15 is 0 Å². The fourth-order valence-electron chi connectivity index (χ4n) is 4.74. The Bertz CT molecular complexity index is 1170. The molecule has 0 aromatic heterocycles. The van der Waals surface area contributed by atoms with Gasteiger partial charge >= 0.3 is 0 Å². The molecule has 0 saturated heterocycles. The lowest BCUT2D eigenvalue weighted by atomic mass is 9.76. The maximum atomic E-state index is 13.8. The highest BCUT2D eigenvalue weighted by Gasteiger charge is 2.55. The molecule has 3 aromatic carbocycles. The molecular formula is C25H21NO3. The summed E-state index contributed by atoms with van der Waals surface area (Å²) in [6.07, 6.45) is 2.09. The molecule has 4 heteroatoms. The molecule has 2 aliphatic rings. The Morgan fingerprint density at radius 2 is 1.48 bits per heavy atom. The van der Waals surface area contributed by atoms with E-state index in [2.05, 4.69) is 18.2 Å². The van der Waals surface area contributed by atoms with Gasteiger partial charge in [-0.15, -0.1) is 0 Å². The van der Waals surface area contributed by atoms with Crippen molar-refractivity contribution >= 4 is 17.2 Å². The minimum atomic E-state index is -0.939. The first-order chi connectivity index (χ1) is 14.1. The molecule has 1 heterocycles. The fourth-order valence-corrected chi connectivity index (χ4v) is 4.74. The first-order valence-electron chi connectivity index (χ1n) is 9.55. The van der Waals surface area contributed by atoms with Crippen molar-refractivity contribution in [1.82, 2.24) is 0 Å². The average molecular weight is 383 g/mol. The molecular weight excluding hydrogens is 362 g/mol. The number of ether oxygens (including phenoxy) is 2. The molecule has 1 aliphatic heterocycles. The second-order valence-electron chi connectivity index (χ2n) is 7.33. The van der Waals surface area contributed by atoms with Gasteiger partial charge in [-0.1, -0.05) is 54.6 Å². The molecule has 3 aromatic rings. The number of fused-ring (bicyclic) bond motifs is 4. The third-order valence-electron chi connectivity index (χ3n) is 6.01. The van der Waals surface area contributed by atoms with E-state index in [0.717, 1.165) is 39.3 Å². The number of rotatable bonds is 3. The first-order valence-corrected chi connectivity index (χ1v) is 9.55. The number of para-hydroxylation sites is 1. The van der Waals surface area contributed by atoms with Gasteiger partial charge in [-0.25, -0.2) is 0 Å². The van der Waals surface area contributed by atoms with Gasteiger partial charge in [0.05, 0.1) is 14.2 Å². The summed E-state index contributed by atoms with van der Waals surface area (Å²) in [7, 11) is 5.13. The highest BCUT2D eigenvalue weighted by molar-refractivity contribution is 6.16. The predicted molar refractivity (Wildman–Crippen MR) is 114 cm³/mol. The summed E-state index contributed by atoms with van der Waals surface area (Å²) in [6.45, 7) is 0. The van der Waals surface area contributed by atoms with Crippen LogP contribution in [-0.2, 0) is 10.2 Å². The van der Waals surface area contributed by atoms with Gasteiger partial charge in [-0.3, -0.25) is 4.79 Å². The van der Waals surface area contributed by atoms with E-state index < -0.39 is 5.41 Å². The molecule has 0 N–H and O–H groups in total. The van der Waals surface area contributed by atoms with Gasteiger partial charge in [-0.05, 0) is 34.9 Å². The number of carbonyl (C=O) groups is 1. The smallest absolute Gasteiger partial charge is 0.246 e. The Kier molecular flexibility index (Phi) is 3.78. The summed E-state index contributed by atoms with van der Waals surface area (Å²) >= 11 is 0. The maximum absolute atomic E-state index is 13.8. The molecule has 0 bridgehead atoms. The number of nitrogens with zero attached hydrogens (tertiary/aromatic N) is 1. The van der Waals surface area contributed by atoms with Crippen molar-refractivity contribution < 1.29 is 14.3 Å². The quantitative estimate of drug-likeness (QED) is 0.672. The summed E-state index contributed by atoms with van der Waals surface area (Å²) in [5, 5.41) is 0. The van der Waals surface area contributed by atoms with E-state index in [4.69, 9.17) is 9.47 Å². The van der Waals surface area contributed by atoms with Crippen LogP contribution in [0.4, 0.5) is 5.69 Å². The summed E-state index contributed by atoms with van der Waals surface area (Å²) in [4.78, 5) is 15.5. The monoisotopic (exact) mass is 383 g/mol. The van der Waals surface area contributed by atoms with E-state index in [1.807, 2.05) is 61.6 Å². The van der Waals surface area contributed by atoms with Crippen molar-refractivity contribution in [2.75, 3.05) is 26.2 Å². The minimum Gasteiger partial charge on any atom is -0.496 e. The zero-order valence-corrected chi connectivity index (χ0v) is 16.6. The topological polar surface area (TPSA) is 38.8 Å². The normalized spacial score (nSPS) is 19.2. The fraction of sp³-hybridized carbons (Fsp3) is 0.160. The summed E-state index contributed by atoms with van der Waals surface area (Å²) in [6, 6.07) is 21.9. The number of hydrogen-bond donors (Lipinski definition) is 0. The molecule has 1 aliphatic carbocycles. The Labute approximate surface area is 170 Å². The van der Waals surface area contributed by atoms with Gasteiger partial charge in [0, 0.05) is 23.9 Å². The summed E-state index contributed by atoms with van der Waals surface area (Å²) < 4.78 is 11.5. The summed E-state index contributed by atoms with van der Waals surface area (Å²) in [5.74, 6) is 1.42. The second kappa shape index (κ2) is 6.24. The van der Waals surface area contributed by atoms with Crippen molar-refractivity contribution in [2.45, 2.75) is 5.41 Å². The van der Waals surface area contributed by atoms with Crippen molar-refractivity contribution in [3.63, 3.8) is 0 Å². The van der Waals surface area contributed by atoms with Crippen molar-refractivity contribution in [2.24, 2.45) is 0 Å². The molecule has 1 amide bonds. The molecule has 0 radical (unpaired) electrons. The molecule has 4 nitrogen and oxygen atoms in total. The van der Waals surface area contributed by atoms with E-state index in [1.165, 1.54) is 0 Å². The van der Waals surface area contributed by atoms with Gasteiger partial charge in [0.25, 0.3) is 0 Å². The zero-order valence-electron chi connectivity index (χ0n) is 16.6. The third-order valence-corrected chi connectivity index (χ3v) is 6.01. The van der Waals surface area contributed by atoms with E-state index in [9.17, 15) is 4.79 Å². The van der Waals surface area contributed by atoms with Crippen LogP contribution in [0.1, 0.15) is 22.3 Å². The molecule has 1 atom stereocenters. The number of amides is 1. The van der Waals surface area contributed by atoms with Crippen LogP contribution >= 0.6 is 0 Å². The van der Waals surface area contributed by atoms with Crippen LogP contribution in [-0.4, -0.2) is 27.2 Å². The largest absolute Gasteiger partial charge is 0.496 e. The van der Waals surface area contributed by atoms with Crippen LogP contribution < -0.4 is 14.4 Å². The predicted octanol–water partition coefficient (Wildman–Crippen LogP) is 4.41. The summed E-state index contributed by atoms with van der Waals surface area (Å²) in [5.41, 5.74) is 4.72. The van der Waals surface area contributed by atoms with Gasteiger partial charge < -0.3 is 14.4 Å². The second-order valence-corrected chi connectivity index (χ2v) is 7.33. The average Bonchev–Trinajstić information content (AvgIpc) is 3.24. The lowest BCUT2D eigenvalue weighted by Gasteiger charge is -2.25.